The number of nitrogens with zero attached hydrogens (tertiary/aromatic N) is 1. The van der Waals surface area contributed by atoms with E-state index in [0.29, 0.717) is 32.7 Å². The largest absolute Gasteiger partial charge is 0.493 e. The number of nitrogens with one attached hydrogen (secondary N) is 1. The molecule has 1 heterocycles. The molecule has 0 saturated carbocycles. The predicted molar refractivity (Wildman–Crippen MR) is 125 cm³/mol. The van der Waals surface area contributed by atoms with Gasteiger partial charge in [0.15, 0.2) is 17.1 Å². The molecule has 1 aromatic heterocycles. The molecule has 8 heteroatoms. The smallest absolute Gasteiger partial charge is 0.307 e. The lowest BCUT2D eigenvalue weighted by Crippen LogP contribution is -2.16. The molecule has 162 valence electrons. The molecular formula is C24H18Cl2N2O4. The lowest BCUT2D eigenvalue weighted by Gasteiger charge is -2.10. The Morgan fingerprint density at radius 1 is 1.06 bits per heavy atom. The van der Waals surface area contributed by atoms with Crippen molar-refractivity contribution >= 4 is 46.3 Å². The third kappa shape index (κ3) is 4.88. The number of methoxy groups -OCH3 is 1. The second kappa shape index (κ2) is 9.77. The highest BCUT2D eigenvalue weighted by Gasteiger charge is 2.14. The zero-order chi connectivity index (χ0) is 22.5. The summed E-state index contributed by atoms with van der Waals surface area (Å²) in [5, 5.41) is 5.88. The summed E-state index contributed by atoms with van der Waals surface area (Å²) in [6, 6.07) is 19.6. The Kier molecular flexibility index (Phi) is 6.63. The molecule has 3 aromatic carbocycles. The fraction of sp³-hybridized carbons (Fsp3) is 0.0833. The molecule has 0 atom stereocenters. The number of hydrazone groups is 1. The fourth-order valence-electron chi connectivity index (χ4n) is 3.04. The van der Waals surface area contributed by atoms with E-state index in [1.165, 1.54) is 6.21 Å². The number of ether oxygens (including phenoxy) is 2. The minimum absolute atomic E-state index is 0.128. The number of fused-ring (bicyclic) bond motifs is 1. The maximum atomic E-state index is 12.4. The van der Waals surface area contributed by atoms with Gasteiger partial charge in [0.2, 0.25) is 0 Å². The van der Waals surface area contributed by atoms with Crippen molar-refractivity contribution in [1.82, 2.24) is 5.43 Å². The minimum atomic E-state index is -0.481. The third-order valence-electron chi connectivity index (χ3n) is 4.64. The molecule has 6 nitrogen and oxygen atoms in total. The van der Waals surface area contributed by atoms with Crippen LogP contribution in [-0.2, 0) is 6.61 Å². The molecule has 0 bridgehead atoms. The minimum Gasteiger partial charge on any atom is -0.493 e. The average Bonchev–Trinajstić information content (AvgIpc) is 3.24. The second-order valence-corrected chi connectivity index (χ2v) is 7.59. The maximum Gasteiger partial charge on any atom is 0.307 e. The van der Waals surface area contributed by atoms with E-state index in [0.717, 1.165) is 10.9 Å². The molecule has 0 unspecified atom stereocenters. The van der Waals surface area contributed by atoms with Crippen molar-refractivity contribution < 1.29 is 18.7 Å². The van der Waals surface area contributed by atoms with Crippen molar-refractivity contribution in [2.24, 2.45) is 5.10 Å². The molecule has 0 spiro atoms. The molecule has 0 aliphatic heterocycles. The molecule has 4 aromatic rings. The molecular weight excluding hydrogens is 451 g/mol. The summed E-state index contributed by atoms with van der Waals surface area (Å²) in [5.41, 5.74) is 4.46. The summed E-state index contributed by atoms with van der Waals surface area (Å²) >= 11 is 12.1. The van der Waals surface area contributed by atoms with E-state index in [1.54, 1.807) is 37.4 Å². The molecule has 0 saturated heterocycles. The van der Waals surface area contributed by atoms with E-state index in [9.17, 15) is 4.79 Å². The van der Waals surface area contributed by atoms with E-state index in [2.05, 4.69) is 10.5 Å². The van der Waals surface area contributed by atoms with Crippen LogP contribution in [0.4, 0.5) is 0 Å². The zero-order valence-corrected chi connectivity index (χ0v) is 18.5. The van der Waals surface area contributed by atoms with Crippen molar-refractivity contribution in [3.8, 4) is 11.5 Å². The molecule has 0 aliphatic carbocycles. The molecule has 1 N–H and O–H groups in total. The zero-order valence-electron chi connectivity index (χ0n) is 17.0. The Morgan fingerprint density at radius 3 is 2.69 bits per heavy atom. The number of para-hydroxylation sites is 2. The number of rotatable bonds is 7. The summed E-state index contributed by atoms with van der Waals surface area (Å²) in [5.74, 6) is 0.788. The van der Waals surface area contributed by atoms with Gasteiger partial charge in [-0.05, 0) is 36.4 Å². The molecule has 0 fully saturated rings. The van der Waals surface area contributed by atoms with Crippen molar-refractivity contribution in [3.05, 3.63) is 93.7 Å². The summed E-state index contributed by atoms with van der Waals surface area (Å²) in [7, 11) is 1.54. The highest BCUT2D eigenvalue weighted by Crippen LogP contribution is 2.28. The number of halogens is 2. The van der Waals surface area contributed by atoms with Gasteiger partial charge in [-0.25, -0.2) is 5.43 Å². The number of hydrogen-bond acceptors (Lipinski definition) is 5. The third-order valence-corrected chi connectivity index (χ3v) is 5.23. The summed E-state index contributed by atoms with van der Waals surface area (Å²) in [6.07, 6.45) is 1.50. The van der Waals surface area contributed by atoms with Crippen LogP contribution in [0.3, 0.4) is 0 Å². The lowest BCUT2D eigenvalue weighted by atomic mass is 10.2. The first-order valence-electron chi connectivity index (χ1n) is 9.61. The van der Waals surface area contributed by atoms with Gasteiger partial charge in [0.25, 0.3) is 0 Å². The summed E-state index contributed by atoms with van der Waals surface area (Å²) < 4.78 is 16.8. The monoisotopic (exact) mass is 468 g/mol. The summed E-state index contributed by atoms with van der Waals surface area (Å²) in [6.45, 7) is 0.258. The Bertz CT molecular complexity index is 1300. The van der Waals surface area contributed by atoms with Gasteiger partial charge in [0.05, 0.1) is 13.3 Å². The number of hydrogen-bond donors (Lipinski definition) is 1. The Hall–Kier alpha value is -3.48. The Balaban J connectivity index is 1.44. The normalized spacial score (nSPS) is 11.1. The van der Waals surface area contributed by atoms with E-state index in [-0.39, 0.29) is 12.4 Å². The highest BCUT2D eigenvalue weighted by molar-refractivity contribution is 6.35. The molecule has 1 amide bonds. The van der Waals surface area contributed by atoms with Crippen LogP contribution in [0.15, 0.2) is 76.2 Å². The SMILES string of the molecule is COc1cccc2cc(C(=O)N/N=C\c3ccccc3OCc3ccc(Cl)cc3Cl)oc12. The van der Waals surface area contributed by atoms with Gasteiger partial charge in [-0.15, -0.1) is 0 Å². The number of benzene rings is 3. The predicted octanol–water partition coefficient (Wildman–Crippen LogP) is 6.09. The first-order valence-corrected chi connectivity index (χ1v) is 10.4. The van der Waals surface area contributed by atoms with Crippen LogP contribution < -0.4 is 14.9 Å². The van der Waals surface area contributed by atoms with Gasteiger partial charge in [-0.2, -0.15) is 5.10 Å². The van der Waals surface area contributed by atoms with E-state index >= 15 is 0 Å². The van der Waals surface area contributed by atoms with Crippen LogP contribution in [0.5, 0.6) is 11.5 Å². The van der Waals surface area contributed by atoms with E-state index in [4.69, 9.17) is 37.1 Å². The van der Waals surface area contributed by atoms with Gasteiger partial charge >= 0.3 is 5.91 Å². The standard InChI is InChI=1S/C24H18Cl2N2O4/c1-30-21-8-4-6-15-11-22(32-23(15)21)24(29)28-27-13-16-5-2-3-7-20(16)31-14-17-9-10-18(25)12-19(17)26/h2-13H,14H2,1H3,(H,28,29)/b27-13-. The van der Waals surface area contributed by atoms with Gasteiger partial charge < -0.3 is 13.9 Å². The van der Waals surface area contributed by atoms with Crippen molar-refractivity contribution in [1.29, 1.82) is 0 Å². The molecule has 32 heavy (non-hydrogen) atoms. The number of furan rings is 1. The number of amides is 1. The molecule has 4 rings (SSSR count). The van der Waals surface area contributed by atoms with Gasteiger partial charge in [0, 0.05) is 26.6 Å². The molecule has 0 aliphatic rings. The van der Waals surface area contributed by atoms with Crippen LogP contribution in [0, 0.1) is 0 Å². The van der Waals surface area contributed by atoms with Crippen LogP contribution in [0.25, 0.3) is 11.0 Å². The number of carbonyl (C=O) groups is 1. The average molecular weight is 469 g/mol. The lowest BCUT2D eigenvalue weighted by molar-refractivity contribution is 0.0929. The summed E-state index contributed by atoms with van der Waals surface area (Å²) in [4.78, 5) is 12.4. The van der Waals surface area contributed by atoms with Gasteiger partial charge in [-0.1, -0.05) is 53.5 Å². The van der Waals surface area contributed by atoms with E-state index < -0.39 is 5.91 Å². The van der Waals surface area contributed by atoms with Gasteiger partial charge in [0.1, 0.15) is 12.4 Å². The van der Waals surface area contributed by atoms with Crippen LogP contribution >= 0.6 is 23.2 Å². The van der Waals surface area contributed by atoms with E-state index in [1.807, 2.05) is 36.4 Å². The quantitative estimate of drug-likeness (QED) is 0.263. The van der Waals surface area contributed by atoms with Gasteiger partial charge in [-0.3, -0.25) is 4.79 Å². The van der Waals surface area contributed by atoms with Crippen molar-refractivity contribution in [2.45, 2.75) is 6.61 Å². The Morgan fingerprint density at radius 2 is 1.88 bits per heavy atom. The van der Waals surface area contributed by atoms with Crippen LogP contribution in [0.1, 0.15) is 21.7 Å². The first kappa shape index (κ1) is 21.7. The van der Waals surface area contributed by atoms with Crippen molar-refractivity contribution in [3.63, 3.8) is 0 Å². The van der Waals surface area contributed by atoms with Crippen LogP contribution in [-0.4, -0.2) is 19.2 Å². The van der Waals surface area contributed by atoms with Crippen molar-refractivity contribution in [2.75, 3.05) is 7.11 Å². The maximum absolute atomic E-state index is 12.4. The Labute approximate surface area is 194 Å². The fourth-order valence-corrected chi connectivity index (χ4v) is 3.50. The first-order chi connectivity index (χ1) is 15.5. The second-order valence-electron chi connectivity index (χ2n) is 6.75. The molecule has 0 radical (unpaired) electrons. The van der Waals surface area contributed by atoms with Crippen LogP contribution in [0.2, 0.25) is 10.0 Å². The highest BCUT2D eigenvalue weighted by atomic mass is 35.5. The topological polar surface area (TPSA) is 73.1 Å². The number of carbonyl (C=O) groups excluding carboxylic acids is 1.